The number of fused-ring (bicyclic) bond motifs is 1. The van der Waals surface area contributed by atoms with Crippen LogP contribution in [0.2, 0.25) is 0 Å². The number of benzene rings is 1. The van der Waals surface area contributed by atoms with Crippen LogP contribution in [0.25, 0.3) is 10.2 Å². The van der Waals surface area contributed by atoms with E-state index in [0.717, 1.165) is 68.3 Å². The summed E-state index contributed by atoms with van der Waals surface area (Å²) in [4.78, 5) is 22.6. The zero-order chi connectivity index (χ0) is 21.2. The Balaban J connectivity index is 1.28. The molecule has 0 bridgehead atoms. The van der Waals surface area contributed by atoms with Crippen LogP contribution < -0.4 is 10.2 Å². The highest BCUT2D eigenvalue weighted by molar-refractivity contribution is 7.19. The number of anilines is 1. The molecule has 0 atom stereocenters. The number of nitrogens with zero attached hydrogens (tertiary/aromatic N) is 2. The van der Waals surface area contributed by atoms with Crippen molar-refractivity contribution >= 4 is 33.1 Å². The number of aromatic amines is 1. The van der Waals surface area contributed by atoms with Crippen molar-refractivity contribution in [1.29, 1.82) is 0 Å². The van der Waals surface area contributed by atoms with Crippen LogP contribution in [-0.4, -0.2) is 55.2 Å². The Morgan fingerprint density at radius 3 is 2.61 bits per heavy atom. The van der Waals surface area contributed by atoms with Crippen LogP contribution in [0.15, 0.2) is 30.3 Å². The molecule has 2 N–H and O–H groups in total. The van der Waals surface area contributed by atoms with Crippen molar-refractivity contribution in [2.75, 3.05) is 44.3 Å². The van der Waals surface area contributed by atoms with E-state index >= 15 is 0 Å². The summed E-state index contributed by atoms with van der Waals surface area (Å²) >= 11 is 1.78. The third-order valence-electron chi connectivity index (χ3n) is 6.26. The van der Waals surface area contributed by atoms with Crippen molar-refractivity contribution in [3.63, 3.8) is 0 Å². The quantitative estimate of drug-likeness (QED) is 0.613. The molecular formula is C24H30N4O2S. The van der Waals surface area contributed by atoms with Crippen LogP contribution in [0.3, 0.4) is 0 Å². The van der Waals surface area contributed by atoms with E-state index in [1.807, 2.05) is 0 Å². The molecule has 0 radical (unpaired) electrons. The molecule has 0 saturated carbocycles. The molecule has 0 unspecified atom stereocenters. The fourth-order valence-electron chi connectivity index (χ4n) is 4.58. The maximum Gasteiger partial charge on any atom is 0.268 e. The minimum Gasteiger partial charge on any atom is -0.378 e. The number of likely N-dealkylation sites (tertiary alicyclic amines) is 1. The van der Waals surface area contributed by atoms with Crippen LogP contribution in [0, 0.1) is 6.92 Å². The zero-order valence-electron chi connectivity index (χ0n) is 18.1. The van der Waals surface area contributed by atoms with Crippen molar-refractivity contribution in [3.8, 4) is 0 Å². The van der Waals surface area contributed by atoms with Gasteiger partial charge < -0.3 is 19.9 Å². The first kappa shape index (κ1) is 20.5. The SMILES string of the molecule is Cc1cc2[nH]c(C(=O)NCc3ccc(N4CCOCC4)cc3)c(CN3CCCC3)c2s1. The van der Waals surface area contributed by atoms with Crippen LogP contribution in [-0.2, 0) is 17.8 Å². The van der Waals surface area contributed by atoms with Crippen LogP contribution in [0.5, 0.6) is 0 Å². The summed E-state index contributed by atoms with van der Waals surface area (Å²) in [6.07, 6.45) is 2.50. The molecule has 1 aromatic carbocycles. The van der Waals surface area contributed by atoms with Gasteiger partial charge >= 0.3 is 0 Å². The fraction of sp³-hybridized carbons (Fsp3) is 0.458. The first-order chi connectivity index (χ1) is 15.2. The van der Waals surface area contributed by atoms with Gasteiger partial charge in [-0.1, -0.05) is 12.1 Å². The Hall–Kier alpha value is -2.35. The second-order valence-corrected chi connectivity index (χ2v) is 9.77. The lowest BCUT2D eigenvalue weighted by molar-refractivity contribution is 0.0945. The number of thiophene rings is 1. The molecule has 7 heteroatoms. The number of morpholine rings is 1. The molecule has 2 aliphatic heterocycles. The van der Waals surface area contributed by atoms with Crippen molar-refractivity contribution in [3.05, 3.63) is 52.0 Å². The summed E-state index contributed by atoms with van der Waals surface area (Å²) in [6, 6.07) is 10.6. The zero-order valence-corrected chi connectivity index (χ0v) is 18.9. The number of amides is 1. The lowest BCUT2D eigenvalue weighted by atomic mass is 10.1. The number of aryl methyl sites for hydroxylation is 1. The van der Waals surface area contributed by atoms with Gasteiger partial charge in [0.1, 0.15) is 5.69 Å². The molecule has 2 aliphatic rings. The van der Waals surface area contributed by atoms with Crippen molar-refractivity contribution in [1.82, 2.24) is 15.2 Å². The van der Waals surface area contributed by atoms with Gasteiger partial charge in [-0.2, -0.15) is 0 Å². The van der Waals surface area contributed by atoms with Gasteiger partial charge in [-0.25, -0.2) is 0 Å². The second-order valence-electron chi connectivity index (χ2n) is 8.51. The van der Waals surface area contributed by atoms with E-state index in [4.69, 9.17) is 4.74 Å². The summed E-state index contributed by atoms with van der Waals surface area (Å²) in [6.45, 7) is 9.15. The predicted molar refractivity (Wildman–Crippen MR) is 126 cm³/mol. The average molecular weight is 439 g/mol. The first-order valence-corrected chi connectivity index (χ1v) is 12.0. The van der Waals surface area contributed by atoms with E-state index in [1.165, 1.54) is 28.1 Å². The average Bonchev–Trinajstić information content (AvgIpc) is 3.51. The lowest BCUT2D eigenvalue weighted by Gasteiger charge is -2.28. The van der Waals surface area contributed by atoms with Gasteiger partial charge in [-0.05, 0) is 56.6 Å². The van der Waals surface area contributed by atoms with E-state index in [2.05, 4.69) is 57.4 Å². The highest BCUT2D eigenvalue weighted by Crippen LogP contribution is 2.32. The number of nitrogens with one attached hydrogen (secondary N) is 2. The highest BCUT2D eigenvalue weighted by atomic mass is 32.1. The summed E-state index contributed by atoms with van der Waals surface area (Å²) < 4.78 is 6.66. The molecule has 6 nitrogen and oxygen atoms in total. The molecule has 2 fully saturated rings. The van der Waals surface area contributed by atoms with Gasteiger partial charge in [0.2, 0.25) is 0 Å². The molecule has 5 rings (SSSR count). The van der Waals surface area contributed by atoms with Crippen LogP contribution in [0.4, 0.5) is 5.69 Å². The standard InChI is InChI=1S/C24H30N4O2S/c1-17-14-21-23(31-17)20(16-27-8-2-3-9-27)22(26-21)24(29)25-15-18-4-6-19(7-5-18)28-10-12-30-13-11-28/h4-7,14,26H,2-3,8-13,15-16H2,1H3,(H,25,29). The number of H-pyrrole nitrogens is 1. The second kappa shape index (κ2) is 9.02. The predicted octanol–water partition coefficient (Wildman–Crippen LogP) is 3.90. The number of aromatic nitrogens is 1. The topological polar surface area (TPSA) is 60.6 Å². The largest absolute Gasteiger partial charge is 0.378 e. The third kappa shape index (κ3) is 4.49. The molecule has 4 heterocycles. The van der Waals surface area contributed by atoms with E-state index in [1.54, 1.807) is 11.3 Å². The summed E-state index contributed by atoms with van der Waals surface area (Å²) in [5.41, 5.74) is 5.27. The number of hydrogen-bond acceptors (Lipinski definition) is 5. The fourth-order valence-corrected chi connectivity index (χ4v) is 5.59. The minimum absolute atomic E-state index is 0.0208. The van der Waals surface area contributed by atoms with E-state index in [0.29, 0.717) is 6.54 Å². The van der Waals surface area contributed by atoms with Crippen LogP contribution in [0.1, 0.15) is 39.3 Å². The minimum atomic E-state index is -0.0208. The first-order valence-electron chi connectivity index (χ1n) is 11.2. The molecule has 0 spiro atoms. The summed E-state index contributed by atoms with van der Waals surface area (Å²) in [5.74, 6) is -0.0208. The number of ether oxygens (including phenoxy) is 1. The molecule has 0 aliphatic carbocycles. The number of carbonyl (C=O) groups excluding carboxylic acids is 1. The summed E-state index contributed by atoms with van der Waals surface area (Å²) in [5, 5.41) is 3.13. The maximum absolute atomic E-state index is 13.1. The number of rotatable bonds is 6. The Morgan fingerprint density at radius 1 is 1.13 bits per heavy atom. The normalized spacial score (nSPS) is 17.5. The molecule has 164 valence electrons. The third-order valence-corrected chi connectivity index (χ3v) is 7.37. The van der Waals surface area contributed by atoms with Crippen molar-refractivity contribution < 1.29 is 9.53 Å². The Kier molecular flexibility index (Phi) is 5.98. The maximum atomic E-state index is 13.1. The van der Waals surface area contributed by atoms with E-state index < -0.39 is 0 Å². The van der Waals surface area contributed by atoms with Gasteiger partial charge in [0, 0.05) is 42.3 Å². The van der Waals surface area contributed by atoms with Gasteiger partial charge in [0.05, 0.1) is 23.4 Å². The summed E-state index contributed by atoms with van der Waals surface area (Å²) in [7, 11) is 0. The molecule has 1 amide bonds. The Bertz CT molecular complexity index is 1040. The van der Waals surface area contributed by atoms with Gasteiger partial charge in [0.15, 0.2) is 0 Å². The number of carbonyl (C=O) groups is 1. The monoisotopic (exact) mass is 438 g/mol. The number of hydrogen-bond donors (Lipinski definition) is 2. The van der Waals surface area contributed by atoms with Crippen LogP contribution >= 0.6 is 11.3 Å². The van der Waals surface area contributed by atoms with Crippen molar-refractivity contribution in [2.45, 2.75) is 32.9 Å². The smallest absolute Gasteiger partial charge is 0.268 e. The van der Waals surface area contributed by atoms with E-state index in [9.17, 15) is 4.79 Å². The van der Waals surface area contributed by atoms with Gasteiger partial charge in [-0.15, -0.1) is 11.3 Å². The molecule has 2 aromatic heterocycles. The molecule has 2 saturated heterocycles. The lowest BCUT2D eigenvalue weighted by Crippen LogP contribution is -2.36. The van der Waals surface area contributed by atoms with Gasteiger partial charge in [0.25, 0.3) is 5.91 Å². The highest BCUT2D eigenvalue weighted by Gasteiger charge is 2.23. The van der Waals surface area contributed by atoms with Crippen molar-refractivity contribution in [2.24, 2.45) is 0 Å². The Labute approximate surface area is 187 Å². The molecule has 3 aromatic rings. The Morgan fingerprint density at radius 2 is 1.87 bits per heavy atom. The molecular weight excluding hydrogens is 408 g/mol. The molecule has 31 heavy (non-hydrogen) atoms. The van der Waals surface area contributed by atoms with Gasteiger partial charge in [-0.3, -0.25) is 9.69 Å². The van der Waals surface area contributed by atoms with E-state index in [-0.39, 0.29) is 5.91 Å².